The SMILES string of the molecule is Cc1ccc(S(=O)(=O)N2CC#CCN(S(=O)(=O)c3ccc(C)cc3)C/C=C/CN(S(=O)(=O)c3ccc(C)cc3)CC#CC2)cc1. The topological polar surface area (TPSA) is 112 Å². The van der Waals surface area contributed by atoms with Crippen molar-refractivity contribution in [2.45, 2.75) is 35.5 Å². The van der Waals surface area contributed by atoms with E-state index < -0.39 is 30.1 Å². The molecule has 0 amide bonds. The van der Waals surface area contributed by atoms with E-state index in [9.17, 15) is 25.3 Å². The molecular formula is C33H35N3O6S3. The standard InChI is InChI=1S/C33H35N3O6S3/c1-28-10-16-31(17-11-28)43(37,38)34-22-4-6-24-35(44(39,40)32-18-12-29(2)13-19-32)26-8-9-27-36(25-7-5-23-34)45(41,42)33-20-14-30(3)15-21-33/h4,6,10-21H,22-27H2,1-3H3/b6-4+. The molecule has 1 heterocycles. The largest absolute Gasteiger partial charge is 0.244 e. The van der Waals surface area contributed by atoms with Gasteiger partial charge in [0.1, 0.15) is 0 Å². The molecule has 0 bridgehead atoms. The van der Waals surface area contributed by atoms with Gasteiger partial charge in [0.2, 0.25) is 30.1 Å². The van der Waals surface area contributed by atoms with Gasteiger partial charge in [0.15, 0.2) is 0 Å². The maximum atomic E-state index is 13.6. The third-order valence-electron chi connectivity index (χ3n) is 7.03. The minimum atomic E-state index is -4.02. The smallest absolute Gasteiger partial charge is 0.207 e. The maximum absolute atomic E-state index is 13.6. The predicted octanol–water partition coefficient (Wildman–Crippen LogP) is 3.56. The summed E-state index contributed by atoms with van der Waals surface area (Å²) in [5.74, 6) is 11.2. The lowest BCUT2D eigenvalue weighted by Crippen LogP contribution is -2.33. The molecule has 0 atom stereocenters. The predicted molar refractivity (Wildman–Crippen MR) is 175 cm³/mol. The fraction of sp³-hybridized carbons (Fsp3) is 0.273. The van der Waals surface area contributed by atoms with Gasteiger partial charge in [-0.3, -0.25) is 0 Å². The fourth-order valence-corrected chi connectivity index (χ4v) is 8.10. The zero-order valence-corrected chi connectivity index (χ0v) is 27.8. The Hall–Kier alpha value is -3.75. The van der Waals surface area contributed by atoms with Crippen LogP contribution in [0.25, 0.3) is 0 Å². The highest BCUT2D eigenvalue weighted by Gasteiger charge is 2.26. The van der Waals surface area contributed by atoms with Crippen molar-refractivity contribution in [3.05, 3.63) is 102 Å². The summed E-state index contributed by atoms with van der Waals surface area (Å²) >= 11 is 0. The lowest BCUT2D eigenvalue weighted by molar-refractivity contribution is 0.470. The normalized spacial score (nSPS) is 17.1. The number of sulfonamides is 3. The van der Waals surface area contributed by atoms with Crippen LogP contribution in [-0.4, -0.2) is 77.4 Å². The molecule has 0 N–H and O–H groups in total. The molecule has 0 aliphatic carbocycles. The summed E-state index contributed by atoms with van der Waals surface area (Å²) in [6, 6.07) is 19.2. The van der Waals surface area contributed by atoms with Crippen molar-refractivity contribution >= 4 is 30.1 Å². The van der Waals surface area contributed by atoms with E-state index in [0.717, 1.165) is 29.6 Å². The summed E-state index contributed by atoms with van der Waals surface area (Å²) in [7, 11) is -12.0. The van der Waals surface area contributed by atoms with Crippen molar-refractivity contribution in [2.24, 2.45) is 0 Å². The maximum Gasteiger partial charge on any atom is 0.244 e. The molecular weight excluding hydrogens is 631 g/mol. The van der Waals surface area contributed by atoms with Crippen molar-refractivity contribution in [1.82, 2.24) is 12.9 Å². The van der Waals surface area contributed by atoms with Crippen LogP contribution >= 0.6 is 0 Å². The van der Waals surface area contributed by atoms with Crippen LogP contribution < -0.4 is 0 Å². The van der Waals surface area contributed by atoms with Gasteiger partial charge in [-0.25, -0.2) is 25.3 Å². The van der Waals surface area contributed by atoms with Gasteiger partial charge >= 0.3 is 0 Å². The van der Waals surface area contributed by atoms with Gasteiger partial charge in [0, 0.05) is 13.1 Å². The monoisotopic (exact) mass is 665 g/mol. The van der Waals surface area contributed by atoms with Crippen LogP contribution in [0.3, 0.4) is 0 Å². The Morgan fingerprint density at radius 2 is 0.667 bits per heavy atom. The van der Waals surface area contributed by atoms with E-state index in [1.807, 2.05) is 20.8 Å². The minimum absolute atomic E-state index is 0.0611. The summed E-state index contributed by atoms with van der Waals surface area (Å²) in [6.07, 6.45) is 3.15. The van der Waals surface area contributed by atoms with Gasteiger partial charge < -0.3 is 0 Å². The molecule has 0 aromatic heterocycles. The van der Waals surface area contributed by atoms with Gasteiger partial charge in [-0.2, -0.15) is 12.9 Å². The van der Waals surface area contributed by atoms with E-state index in [-0.39, 0.29) is 54.0 Å². The Bertz CT molecular complexity index is 1870. The first-order chi connectivity index (χ1) is 21.3. The van der Waals surface area contributed by atoms with Gasteiger partial charge in [0.05, 0.1) is 40.9 Å². The lowest BCUT2D eigenvalue weighted by Gasteiger charge is -2.20. The third-order valence-corrected chi connectivity index (χ3v) is 12.5. The van der Waals surface area contributed by atoms with E-state index in [1.165, 1.54) is 36.4 Å². The molecule has 1 aliphatic rings. The molecule has 0 fully saturated rings. The summed E-state index contributed by atoms with van der Waals surface area (Å²) in [6.45, 7) is 4.47. The van der Waals surface area contributed by atoms with Crippen molar-refractivity contribution in [3.63, 3.8) is 0 Å². The van der Waals surface area contributed by atoms with Gasteiger partial charge in [-0.05, 0) is 57.2 Å². The highest BCUT2D eigenvalue weighted by Crippen LogP contribution is 2.19. The molecule has 0 radical (unpaired) electrons. The van der Waals surface area contributed by atoms with Crippen molar-refractivity contribution < 1.29 is 25.3 Å². The summed E-state index contributed by atoms with van der Waals surface area (Å²) in [4.78, 5) is 0.231. The molecule has 0 saturated heterocycles. The molecule has 0 unspecified atom stereocenters. The first-order valence-electron chi connectivity index (χ1n) is 14.1. The van der Waals surface area contributed by atoms with Crippen LogP contribution in [0.5, 0.6) is 0 Å². The van der Waals surface area contributed by atoms with Crippen LogP contribution in [0, 0.1) is 44.5 Å². The first-order valence-corrected chi connectivity index (χ1v) is 18.4. The number of hydrogen-bond donors (Lipinski definition) is 0. The average molecular weight is 666 g/mol. The number of benzene rings is 3. The molecule has 3 aromatic carbocycles. The minimum Gasteiger partial charge on any atom is -0.207 e. The van der Waals surface area contributed by atoms with Crippen molar-refractivity contribution in [3.8, 4) is 23.7 Å². The molecule has 3 aromatic rings. The average Bonchev–Trinajstić information content (AvgIpc) is 3.01. The Labute approximate surface area is 267 Å². The number of nitrogens with zero attached hydrogens (tertiary/aromatic N) is 3. The number of rotatable bonds is 6. The van der Waals surface area contributed by atoms with E-state index in [2.05, 4.69) is 23.7 Å². The van der Waals surface area contributed by atoms with Crippen LogP contribution in [0.4, 0.5) is 0 Å². The lowest BCUT2D eigenvalue weighted by atomic mass is 10.2. The molecule has 1 aliphatic heterocycles. The summed E-state index contributed by atoms with van der Waals surface area (Å²) in [5.41, 5.74) is 2.69. The molecule has 4 rings (SSSR count). The molecule has 9 nitrogen and oxygen atoms in total. The highest BCUT2D eigenvalue weighted by molar-refractivity contribution is 7.89. The highest BCUT2D eigenvalue weighted by atomic mass is 32.2. The van der Waals surface area contributed by atoms with E-state index >= 15 is 0 Å². The second-order valence-electron chi connectivity index (χ2n) is 10.5. The van der Waals surface area contributed by atoms with Gasteiger partial charge in [0.25, 0.3) is 0 Å². The summed E-state index contributed by atoms with van der Waals surface area (Å²) < 4.78 is 84.7. The van der Waals surface area contributed by atoms with Crippen molar-refractivity contribution in [2.75, 3.05) is 39.3 Å². The Balaban J connectivity index is 1.72. The zero-order chi connectivity index (χ0) is 32.7. The molecule has 45 heavy (non-hydrogen) atoms. The van der Waals surface area contributed by atoms with Crippen LogP contribution in [0.15, 0.2) is 99.6 Å². The van der Waals surface area contributed by atoms with Crippen molar-refractivity contribution in [1.29, 1.82) is 0 Å². The van der Waals surface area contributed by atoms with Gasteiger partial charge in [-0.15, -0.1) is 0 Å². The summed E-state index contributed by atoms with van der Waals surface area (Å²) in [5, 5.41) is 0. The second-order valence-corrected chi connectivity index (χ2v) is 16.3. The van der Waals surface area contributed by atoms with Crippen LogP contribution in [-0.2, 0) is 30.1 Å². The molecule has 236 valence electrons. The van der Waals surface area contributed by atoms with Crippen LogP contribution in [0.1, 0.15) is 16.7 Å². The first kappa shape index (κ1) is 34.1. The number of hydrogen-bond acceptors (Lipinski definition) is 6. The Kier molecular flexibility index (Phi) is 11.0. The molecule has 0 spiro atoms. The molecule has 0 saturated carbocycles. The van der Waals surface area contributed by atoms with E-state index in [1.54, 1.807) is 48.6 Å². The second kappa shape index (κ2) is 14.6. The Morgan fingerprint density at radius 1 is 0.422 bits per heavy atom. The van der Waals surface area contributed by atoms with Gasteiger partial charge in [-0.1, -0.05) is 88.9 Å². The molecule has 12 heteroatoms. The fourth-order valence-electron chi connectivity index (χ4n) is 4.26. The van der Waals surface area contributed by atoms with E-state index in [4.69, 9.17) is 0 Å². The zero-order valence-electron chi connectivity index (χ0n) is 25.3. The Morgan fingerprint density at radius 3 is 0.956 bits per heavy atom. The quantitative estimate of drug-likeness (QED) is 0.294. The number of aryl methyl sites for hydroxylation is 3. The van der Waals surface area contributed by atoms with Crippen LogP contribution in [0.2, 0.25) is 0 Å². The third kappa shape index (κ3) is 8.50. The van der Waals surface area contributed by atoms with E-state index in [0.29, 0.717) is 0 Å².